The maximum absolute atomic E-state index is 12.3. The van der Waals surface area contributed by atoms with Crippen LogP contribution in [0.2, 0.25) is 0 Å². The summed E-state index contributed by atoms with van der Waals surface area (Å²) in [4.78, 5) is 14.0. The second-order valence-electron chi connectivity index (χ2n) is 6.99. The number of carbonyl (C=O) groups excluding carboxylic acids is 1. The Kier molecular flexibility index (Phi) is 5.52. The molecule has 1 aliphatic rings. The maximum atomic E-state index is 12.3. The van der Waals surface area contributed by atoms with Crippen LogP contribution in [0.5, 0.6) is 5.75 Å². The van der Waals surface area contributed by atoms with Crippen LogP contribution < -0.4 is 4.74 Å². The van der Waals surface area contributed by atoms with Gasteiger partial charge in [-0.1, -0.05) is 12.1 Å². The molecule has 1 saturated heterocycles. The number of aliphatic hydroxyl groups is 1. The van der Waals surface area contributed by atoms with E-state index in [-0.39, 0.29) is 12.1 Å². The van der Waals surface area contributed by atoms with Gasteiger partial charge in [-0.05, 0) is 57.7 Å². The van der Waals surface area contributed by atoms with Gasteiger partial charge < -0.3 is 19.5 Å². The van der Waals surface area contributed by atoms with Gasteiger partial charge in [0.25, 0.3) is 0 Å². The van der Waals surface area contributed by atoms with Crippen molar-refractivity contribution < 1.29 is 19.4 Å². The minimum atomic E-state index is -0.603. The number of likely N-dealkylation sites (tertiary alicyclic amines) is 1. The van der Waals surface area contributed by atoms with Gasteiger partial charge in [-0.15, -0.1) is 0 Å². The van der Waals surface area contributed by atoms with Crippen molar-refractivity contribution in [3.8, 4) is 5.75 Å². The predicted octanol–water partition coefficient (Wildman–Crippen LogP) is 3.52. The van der Waals surface area contributed by atoms with Crippen LogP contribution in [0.15, 0.2) is 24.3 Å². The molecule has 0 saturated carbocycles. The average Bonchev–Trinajstić information content (AvgIpc) is 2.94. The van der Waals surface area contributed by atoms with Crippen LogP contribution in [0, 0.1) is 0 Å². The molecule has 23 heavy (non-hydrogen) atoms. The lowest BCUT2D eigenvalue weighted by Crippen LogP contribution is -2.40. The number of methoxy groups -OCH3 is 1. The molecular weight excluding hydrogens is 294 g/mol. The molecule has 2 unspecified atom stereocenters. The molecule has 0 aliphatic carbocycles. The number of rotatable bonds is 4. The number of nitrogens with zero attached hydrogens (tertiary/aromatic N) is 1. The van der Waals surface area contributed by atoms with Gasteiger partial charge in [0.2, 0.25) is 0 Å². The second-order valence-corrected chi connectivity index (χ2v) is 6.99. The molecule has 0 radical (unpaired) electrons. The Morgan fingerprint density at radius 1 is 1.35 bits per heavy atom. The monoisotopic (exact) mass is 321 g/mol. The smallest absolute Gasteiger partial charge is 0.410 e. The number of hydrogen-bond acceptors (Lipinski definition) is 4. The molecule has 1 fully saturated rings. The summed E-state index contributed by atoms with van der Waals surface area (Å²) in [6.45, 7) is 6.28. The first-order valence-corrected chi connectivity index (χ1v) is 8.12. The molecule has 1 aromatic carbocycles. The molecule has 1 heterocycles. The second kappa shape index (κ2) is 7.21. The molecule has 1 aliphatic heterocycles. The standard InChI is InChI=1S/C18H27NO4/c1-18(2,3)23-17(21)19-11-5-6-14(19)12-16(20)13-7-9-15(22-4)10-8-13/h7-10,14,16,20H,5-6,11-12H2,1-4H3. The maximum Gasteiger partial charge on any atom is 0.410 e. The van der Waals surface area contributed by atoms with Crippen LogP contribution in [0.3, 0.4) is 0 Å². The fourth-order valence-electron chi connectivity index (χ4n) is 2.86. The normalized spacial score (nSPS) is 19.5. The largest absolute Gasteiger partial charge is 0.497 e. The molecule has 0 aromatic heterocycles. The first-order chi connectivity index (χ1) is 10.8. The minimum Gasteiger partial charge on any atom is -0.497 e. The van der Waals surface area contributed by atoms with Crippen molar-refractivity contribution in [2.45, 2.75) is 57.8 Å². The molecule has 1 amide bonds. The van der Waals surface area contributed by atoms with Crippen LogP contribution >= 0.6 is 0 Å². The van der Waals surface area contributed by atoms with Crippen molar-refractivity contribution in [1.29, 1.82) is 0 Å². The third kappa shape index (κ3) is 4.86. The van der Waals surface area contributed by atoms with Gasteiger partial charge in [-0.3, -0.25) is 0 Å². The van der Waals surface area contributed by atoms with E-state index in [2.05, 4.69) is 0 Å². The number of amides is 1. The minimum absolute atomic E-state index is 0.0157. The molecule has 0 bridgehead atoms. The number of aliphatic hydroxyl groups excluding tert-OH is 1. The van der Waals surface area contributed by atoms with Gasteiger partial charge >= 0.3 is 6.09 Å². The first-order valence-electron chi connectivity index (χ1n) is 8.12. The van der Waals surface area contributed by atoms with Gasteiger partial charge in [0.05, 0.1) is 13.2 Å². The van der Waals surface area contributed by atoms with Gasteiger partial charge in [0.1, 0.15) is 11.4 Å². The summed E-state index contributed by atoms with van der Waals surface area (Å²) in [5.74, 6) is 0.761. The molecule has 2 atom stereocenters. The third-order valence-electron chi connectivity index (χ3n) is 4.00. The molecule has 2 rings (SSSR count). The van der Waals surface area contributed by atoms with Crippen molar-refractivity contribution in [1.82, 2.24) is 4.90 Å². The third-order valence-corrected chi connectivity index (χ3v) is 4.00. The van der Waals surface area contributed by atoms with Gasteiger partial charge in [0.15, 0.2) is 0 Å². The molecule has 1 N–H and O–H groups in total. The highest BCUT2D eigenvalue weighted by Crippen LogP contribution is 2.29. The van der Waals surface area contributed by atoms with Crippen LogP contribution in [-0.2, 0) is 4.74 Å². The number of carbonyl (C=O) groups is 1. The van der Waals surface area contributed by atoms with E-state index in [9.17, 15) is 9.90 Å². The summed E-state index contributed by atoms with van der Waals surface area (Å²) < 4.78 is 10.6. The van der Waals surface area contributed by atoms with E-state index in [0.717, 1.165) is 24.2 Å². The lowest BCUT2D eigenvalue weighted by molar-refractivity contribution is 0.0178. The Hall–Kier alpha value is -1.75. The predicted molar refractivity (Wildman–Crippen MR) is 88.5 cm³/mol. The summed E-state index contributed by atoms with van der Waals surface area (Å²) in [5, 5.41) is 10.5. The Labute approximate surface area is 138 Å². The number of benzene rings is 1. The summed E-state index contributed by atoms with van der Waals surface area (Å²) in [7, 11) is 1.61. The Balaban J connectivity index is 1.98. The summed E-state index contributed by atoms with van der Waals surface area (Å²) in [6.07, 6.45) is 1.47. The molecule has 128 valence electrons. The zero-order valence-corrected chi connectivity index (χ0v) is 14.4. The van der Waals surface area contributed by atoms with Crippen LogP contribution in [0.1, 0.15) is 51.7 Å². The van der Waals surface area contributed by atoms with Crippen LogP contribution in [-0.4, -0.2) is 41.4 Å². The Bertz CT molecular complexity index is 521. The summed E-state index contributed by atoms with van der Waals surface area (Å²) in [5.41, 5.74) is 0.334. The van der Waals surface area contributed by atoms with Crippen molar-refractivity contribution in [3.05, 3.63) is 29.8 Å². The van der Waals surface area contributed by atoms with Crippen molar-refractivity contribution in [3.63, 3.8) is 0 Å². The molecule has 0 spiro atoms. The van der Waals surface area contributed by atoms with E-state index in [1.807, 2.05) is 45.0 Å². The number of hydrogen-bond donors (Lipinski definition) is 1. The van der Waals surface area contributed by atoms with Crippen molar-refractivity contribution in [2.24, 2.45) is 0 Å². The quantitative estimate of drug-likeness (QED) is 0.922. The highest BCUT2D eigenvalue weighted by molar-refractivity contribution is 5.68. The first kappa shape index (κ1) is 17.6. The zero-order valence-electron chi connectivity index (χ0n) is 14.4. The fourth-order valence-corrected chi connectivity index (χ4v) is 2.86. The molecule has 5 heteroatoms. The van der Waals surface area contributed by atoms with Gasteiger partial charge in [0, 0.05) is 12.6 Å². The fraction of sp³-hybridized carbons (Fsp3) is 0.611. The van der Waals surface area contributed by atoms with Crippen molar-refractivity contribution >= 4 is 6.09 Å². The summed E-state index contributed by atoms with van der Waals surface area (Å²) in [6, 6.07) is 7.39. The van der Waals surface area contributed by atoms with Gasteiger partial charge in [-0.2, -0.15) is 0 Å². The van der Waals surface area contributed by atoms with Crippen molar-refractivity contribution in [2.75, 3.05) is 13.7 Å². The number of ether oxygens (including phenoxy) is 2. The van der Waals surface area contributed by atoms with E-state index >= 15 is 0 Å². The van der Waals surface area contributed by atoms with E-state index < -0.39 is 11.7 Å². The zero-order chi connectivity index (χ0) is 17.0. The topological polar surface area (TPSA) is 59.0 Å². The molecular formula is C18H27NO4. The van der Waals surface area contributed by atoms with E-state index in [0.29, 0.717) is 13.0 Å². The van der Waals surface area contributed by atoms with E-state index in [4.69, 9.17) is 9.47 Å². The lowest BCUT2D eigenvalue weighted by atomic mass is 10.0. The highest BCUT2D eigenvalue weighted by atomic mass is 16.6. The summed E-state index contributed by atoms with van der Waals surface area (Å²) >= 11 is 0. The molecule has 5 nitrogen and oxygen atoms in total. The molecule has 1 aromatic rings. The van der Waals surface area contributed by atoms with E-state index in [1.54, 1.807) is 12.0 Å². The lowest BCUT2D eigenvalue weighted by Gasteiger charge is -2.29. The highest BCUT2D eigenvalue weighted by Gasteiger charge is 2.33. The Morgan fingerprint density at radius 2 is 2.00 bits per heavy atom. The van der Waals surface area contributed by atoms with Crippen LogP contribution in [0.4, 0.5) is 4.79 Å². The Morgan fingerprint density at radius 3 is 2.57 bits per heavy atom. The van der Waals surface area contributed by atoms with Gasteiger partial charge in [-0.25, -0.2) is 4.79 Å². The average molecular weight is 321 g/mol. The van der Waals surface area contributed by atoms with E-state index in [1.165, 1.54) is 0 Å². The van der Waals surface area contributed by atoms with Crippen LogP contribution in [0.25, 0.3) is 0 Å². The SMILES string of the molecule is COc1ccc(C(O)CC2CCCN2C(=O)OC(C)(C)C)cc1.